The molecule has 1 aromatic rings. The van der Waals surface area contributed by atoms with Crippen molar-refractivity contribution in [2.45, 2.75) is 13.3 Å². The fraction of sp³-hybridized carbons (Fsp3) is 0.364. The summed E-state index contributed by atoms with van der Waals surface area (Å²) >= 11 is 0. The summed E-state index contributed by atoms with van der Waals surface area (Å²) in [5.41, 5.74) is 0.194. The van der Waals surface area contributed by atoms with Gasteiger partial charge in [0, 0.05) is 11.3 Å². The molecule has 18 heavy (non-hydrogen) atoms. The van der Waals surface area contributed by atoms with E-state index in [1.54, 1.807) is 0 Å². The number of nitrogens with one attached hydrogen (secondary N) is 1. The predicted molar refractivity (Wildman–Crippen MR) is 59.5 cm³/mol. The lowest BCUT2D eigenvalue weighted by atomic mass is 10.1. The van der Waals surface area contributed by atoms with Crippen LogP contribution in [0.1, 0.15) is 32.1 Å². The standard InChI is InChI=1S/C11H13NO6/c1-5-8(10(14)15)6(4-7(13)17-2)9(12-5)11(16)18-3/h12H,4H2,1-3H3,(H,14,15). The van der Waals surface area contributed by atoms with E-state index in [1.807, 2.05) is 0 Å². The number of rotatable bonds is 4. The van der Waals surface area contributed by atoms with Crippen LogP contribution in [0, 0.1) is 6.92 Å². The van der Waals surface area contributed by atoms with Gasteiger partial charge in [-0.1, -0.05) is 0 Å². The molecule has 7 nitrogen and oxygen atoms in total. The predicted octanol–water partition coefficient (Wildman–Crippen LogP) is 0.523. The molecule has 1 rings (SSSR count). The Morgan fingerprint density at radius 3 is 2.28 bits per heavy atom. The van der Waals surface area contributed by atoms with Crippen LogP contribution in [0.3, 0.4) is 0 Å². The molecule has 1 aromatic heterocycles. The van der Waals surface area contributed by atoms with Crippen molar-refractivity contribution in [1.29, 1.82) is 0 Å². The number of methoxy groups -OCH3 is 2. The third kappa shape index (κ3) is 2.50. The summed E-state index contributed by atoms with van der Waals surface area (Å²) in [6.07, 6.45) is -0.313. The quantitative estimate of drug-likeness (QED) is 0.760. The minimum atomic E-state index is -1.22. The number of H-pyrrole nitrogens is 1. The largest absolute Gasteiger partial charge is 0.478 e. The van der Waals surface area contributed by atoms with Crippen molar-refractivity contribution in [3.05, 3.63) is 22.5 Å². The molecule has 0 aliphatic rings. The Morgan fingerprint density at radius 2 is 1.83 bits per heavy atom. The molecular weight excluding hydrogens is 242 g/mol. The van der Waals surface area contributed by atoms with E-state index in [2.05, 4.69) is 14.5 Å². The number of carbonyl (C=O) groups excluding carboxylic acids is 2. The highest BCUT2D eigenvalue weighted by Crippen LogP contribution is 2.20. The average molecular weight is 255 g/mol. The number of ether oxygens (including phenoxy) is 2. The Hall–Kier alpha value is -2.31. The lowest BCUT2D eigenvalue weighted by Crippen LogP contribution is -2.13. The molecule has 1 heterocycles. The van der Waals surface area contributed by atoms with E-state index < -0.39 is 17.9 Å². The van der Waals surface area contributed by atoms with Gasteiger partial charge in [-0.25, -0.2) is 9.59 Å². The molecule has 98 valence electrons. The SMILES string of the molecule is COC(=O)Cc1c(C(=O)OC)[nH]c(C)c1C(=O)O. The average Bonchev–Trinajstić information content (AvgIpc) is 2.64. The lowest BCUT2D eigenvalue weighted by molar-refractivity contribution is -0.139. The van der Waals surface area contributed by atoms with E-state index in [-0.39, 0.29) is 28.9 Å². The van der Waals surface area contributed by atoms with Crippen molar-refractivity contribution in [2.24, 2.45) is 0 Å². The van der Waals surface area contributed by atoms with Crippen LogP contribution in [-0.4, -0.2) is 42.2 Å². The second-order valence-corrected chi connectivity index (χ2v) is 3.53. The van der Waals surface area contributed by atoms with Gasteiger partial charge in [0.05, 0.1) is 26.2 Å². The van der Waals surface area contributed by atoms with Crippen LogP contribution >= 0.6 is 0 Å². The van der Waals surface area contributed by atoms with Gasteiger partial charge in [-0.2, -0.15) is 0 Å². The van der Waals surface area contributed by atoms with Crippen LogP contribution < -0.4 is 0 Å². The summed E-state index contributed by atoms with van der Waals surface area (Å²) in [4.78, 5) is 36.5. The Labute approximate surface area is 103 Å². The Balaban J connectivity index is 3.35. The van der Waals surface area contributed by atoms with Gasteiger partial charge in [0.25, 0.3) is 0 Å². The molecule has 0 unspecified atom stereocenters. The molecule has 0 aliphatic carbocycles. The van der Waals surface area contributed by atoms with Crippen molar-refractivity contribution >= 4 is 17.9 Å². The summed E-state index contributed by atoms with van der Waals surface area (Å²) in [5, 5.41) is 9.08. The zero-order valence-corrected chi connectivity index (χ0v) is 10.2. The van der Waals surface area contributed by atoms with Gasteiger partial charge in [-0.3, -0.25) is 4.79 Å². The zero-order chi connectivity index (χ0) is 13.9. The Kier molecular flexibility index (Phi) is 4.09. The summed E-state index contributed by atoms with van der Waals surface area (Å²) in [7, 11) is 2.35. The van der Waals surface area contributed by atoms with Gasteiger partial charge in [-0.05, 0) is 6.92 Å². The molecule has 0 aliphatic heterocycles. The van der Waals surface area contributed by atoms with E-state index in [0.717, 1.165) is 0 Å². The molecule has 0 saturated heterocycles. The van der Waals surface area contributed by atoms with Crippen LogP contribution in [0.5, 0.6) is 0 Å². The number of hydrogen-bond acceptors (Lipinski definition) is 5. The summed E-state index contributed by atoms with van der Waals surface area (Å²) < 4.78 is 8.99. The summed E-state index contributed by atoms with van der Waals surface area (Å²) in [5.74, 6) is -2.59. The summed E-state index contributed by atoms with van der Waals surface area (Å²) in [6.45, 7) is 1.50. The minimum Gasteiger partial charge on any atom is -0.478 e. The molecule has 0 radical (unpaired) electrons. The molecule has 0 spiro atoms. The van der Waals surface area contributed by atoms with Crippen molar-refractivity contribution in [3.8, 4) is 0 Å². The van der Waals surface area contributed by atoms with Gasteiger partial charge in [0.1, 0.15) is 5.69 Å². The first-order valence-electron chi connectivity index (χ1n) is 5.02. The highest BCUT2D eigenvalue weighted by atomic mass is 16.5. The van der Waals surface area contributed by atoms with Gasteiger partial charge in [-0.15, -0.1) is 0 Å². The van der Waals surface area contributed by atoms with Crippen molar-refractivity contribution in [2.75, 3.05) is 14.2 Å². The Bertz CT molecular complexity index is 502. The van der Waals surface area contributed by atoms with Crippen LogP contribution in [0.4, 0.5) is 0 Å². The topological polar surface area (TPSA) is 106 Å². The summed E-state index contributed by atoms with van der Waals surface area (Å²) in [6, 6.07) is 0. The van der Waals surface area contributed by atoms with E-state index in [4.69, 9.17) is 5.11 Å². The highest BCUT2D eigenvalue weighted by molar-refractivity contribution is 5.99. The first kappa shape index (κ1) is 13.8. The lowest BCUT2D eigenvalue weighted by Gasteiger charge is -2.03. The van der Waals surface area contributed by atoms with E-state index in [9.17, 15) is 14.4 Å². The molecule has 2 N–H and O–H groups in total. The maximum absolute atomic E-state index is 11.5. The van der Waals surface area contributed by atoms with E-state index >= 15 is 0 Å². The minimum absolute atomic E-state index is 0.0437. The number of esters is 2. The molecule has 0 saturated carbocycles. The van der Waals surface area contributed by atoms with Crippen LogP contribution in [-0.2, 0) is 20.7 Å². The monoisotopic (exact) mass is 255 g/mol. The number of carboxylic acid groups (broad SMARTS) is 1. The fourth-order valence-electron chi connectivity index (χ4n) is 1.64. The molecule has 0 atom stereocenters. The maximum atomic E-state index is 11.5. The van der Waals surface area contributed by atoms with Gasteiger partial charge in [0.15, 0.2) is 0 Å². The van der Waals surface area contributed by atoms with Gasteiger partial charge < -0.3 is 19.6 Å². The van der Waals surface area contributed by atoms with Crippen LogP contribution in [0.2, 0.25) is 0 Å². The van der Waals surface area contributed by atoms with Crippen molar-refractivity contribution in [3.63, 3.8) is 0 Å². The molecule has 7 heteroatoms. The molecule has 0 bridgehead atoms. The second kappa shape index (κ2) is 5.35. The smallest absolute Gasteiger partial charge is 0.354 e. The highest BCUT2D eigenvalue weighted by Gasteiger charge is 2.26. The number of hydrogen-bond donors (Lipinski definition) is 2. The van der Waals surface area contributed by atoms with E-state index in [0.29, 0.717) is 0 Å². The number of carbonyl (C=O) groups is 3. The molecule has 0 aromatic carbocycles. The van der Waals surface area contributed by atoms with Crippen LogP contribution in [0.15, 0.2) is 0 Å². The number of aromatic carboxylic acids is 1. The Morgan fingerprint density at radius 1 is 1.22 bits per heavy atom. The molecular formula is C11H13NO6. The first-order valence-corrected chi connectivity index (χ1v) is 5.02. The molecule has 0 fully saturated rings. The van der Waals surface area contributed by atoms with Gasteiger partial charge >= 0.3 is 17.9 Å². The second-order valence-electron chi connectivity index (χ2n) is 3.53. The van der Waals surface area contributed by atoms with Crippen molar-refractivity contribution in [1.82, 2.24) is 4.98 Å². The van der Waals surface area contributed by atoms with E-state index in [1.165, 1.54) is 21.1 Å². The molecule has 0 amide bonds. The van der Waals surface area contributed by atoms with Crippen LogP contribution in [0.25, 0.3) is 0 Å². The third-order valence-corrected chi connectivity index (χ3v) is 2.44. The first-order chi connectivity index (χ1) is 8.42. The number of aromatic amines is 1. The maximum Gasteiger partial charge on any atom is 0.354 e. The van der Waals surface area contributed by atoms with Crippen molar-refractivity contribution < 1.29 is 29.0 Å². The fourth-order valence-corrected chi connectivity index (χ4v) is 1.64. The normalized spacial score (nSPS) is 9.94. The number of aromatic nitrogens is 1. The third-order valence-electron chi connectivity index (χ3n) is 2.44. The number of aryl methyl sites for hydroxylation is 1. The number of carboxylic acids is 1. The zero-order valence-electron chi connectivity index (χ0n) is 10.2. The van der Waals surface area contributed by atoms with Gasteiger partial charge in [0.2, 0.25) is 0 Å².